The molecule has 0 heterocycles. The fourth-order valence-corrected chi connectivity index (χ4v) is 3.67. The van der Waals surface area contributed by atoms with Crippen LogP contribution in [0, 0.1) is 16.7 Å². The molecule has 0 amide bonds. The van der Waals surface area contributed by atoms with Gasteiger partial charge in [-0.15, -0.1) is 0 Å². The van der Waals surface area contributed by atoms with Gasteiger partial charge in [0.15, 0.2) is 0 Å². The fraction of sp³-hybridized carbons (Fsp3) is 0.824. The van der Waals surface area contributed by atoms with E-state index in [1.54, 1.807) is 0 Å². The number of hydrogen-bond acceptors (Lipinski definition) is 2. The van der Waals surface area contributed by atoms with E-state index in [9.17, 15) is 4.79 Å². The molecule has 0 aromatic heterocycles. The second kappa shape index (κ2) is 5.30. The molecule has 0 radical (unpaired) electrons. The van der Waals surface area contributed by atoms with Crippen LogP contribution in [-0.2, 0) is 9.53 Å². The third-order valence-electron chi connectivity index (χ3n) is 4.62. The predicted molar refractivity (Wildman–Crippen MR) is 79.9 cm³/mol. The van der Waals surface area contributed by atoms with E-state index in [1.807, 2.05) is 0 Å². The largest absolute Gasteiger partial charge is 0.455 e. The van der Waals surface area contributed by atoms with Gasteiger partial charge in [-0.2, -0.15) is 0 Å². The number of carbonyl (C=O) groups excluding carboxylic acids is 1. The summed E-state index contributed by atoms with van der Waals surface area (Å²) < 4.78 is 5.97. The third-order valence-corrected chi connectivity index (χ3v) is 4.62. The van der Waals surface area contributed by atoms with Crippen molar-refractivity contribution in [1.29, 1.82) is 0 Å². The van der Waals surface area contributed by atoms with Crippen LogP contribution in [0.4, 0.5) is 0 Å². The molecule has 1 saturated carbocycles. The maximum absolute atomic E-state index is 11.9. The molecule has 1 aliphatic rings. The monoisotopic (exact) mass is 266 g/mol. The molecule has 2 atom stereocenters. The van der Waals surface area contributed by atoms with Gasteiger partial charge in [0.25, 0.3) is 0 Å². The maximum Gasteiger partial charge on any atom is 0.330 e. The summed E-state index contributed by atoms with van der Waals surface area (Å²) in [4.78, 5) is 11.9. The number of ether oxygens (including phenoxy) is 1. The highest BCUT2D eigenvalue weighted by Gasteiger charge is 2.55. The summed E-state index contributed by atoms with van der Waals surface area (Å²) in [5, 5.41) is 0. The highest BCUT2D eigenvalue weighted by molar-refractivity contribution is 5.81. The molecular formula is C17H30O2. The minimum atomic E-state index is -0.380. The zero-order valence-corrected chi connectivity index (χ0v) is 13.5. The van der Waals surface area contributed by atoms with Crippen LogP contribution in [0.5, 0.6) is 0 Å². The molecule has 1 rings (SSSR count). The lowest BCUT2D eigenvalue weighted by atomic mass is 9.55. The minimum Gasteiger partial charge on any atom is -0.455 e. The molecule has 2 unspecified atom stereocenters. The molecule has 2 heteroatoms. The first-order chi connectivity index (χ1) is 8.54. The van der Waals surface area contributed by atoms with Gasteiger partial charge in [0.05, 0.1) is 0 Å². The lowest BCUT2D eigenvalue weighted by molar-refractivity contribution is -0.199. The Morgan fingerprint density at radius 3 is 2.21 bits per heavy atom. The first-order valence-corrected chi connectivity index (χ1v) is 7.40. The van der Waals surface area contributed by atoms with Crippen molar-refractivity contribution < 1.29 is 9.53 Å². The van der Waals surface area contributed by atoms with Crippen molar-refractivity contribution >= 4 is 5.97 Å². The zero-order valence-electron chi connectivity index (χ0n) is 13.5. The van der Waals surface area contributed by atoms with Crippen LogP contribution in [0.1, 0.15) is 67.2 Å². The Hall–Kier alpha value is -0.790. The molecule has 0 N–H and O–H groups in total. The Balaban J connectivity index is 3.25. The Bertz CT molecular complexity index is 343. The summed E-state index contributed by atoms with van der Waals surface area (Å²) in [6, 6.07) is 0. The summed E-state index contributed by atoms with van der Waals surface area (Å²) in [7, 11) is 0. The molecule has 0 aliphatic heterocycles. The van der Waals surface area contributed by atoms with Gasteiger partial charge in [0.2, 0.25) is 0 Å². The summed E-state index contributed by atoms with van der Waals surface area (Å²) in [6.45, 7) is 16.9. The molecule has 0 saturated heterocycles. The number of hydrogen-bond donors (Lipinski definition) is 0. The van der Waals surface area contributed by atoms with Crippen LogP contribution < -0.4 is 0 Å². The van der Waals surface area contributed by atoms with Crippen molar-refractivity contribution in [2.45, 2.75) is 72.8 Å². The third kappa shape index (κ3) is 3.21. The predicted octanol–water partition coefficient (Wildman–Crippen LogP) is 4.74. The summed E-state index contributed by atoms with van der Waals surface area (Å²) >= 11 is 0. The standard InChI is InChI=1S/C17H30O2/c1-8-14(18)19-17(16(5,6)7)12-10-9-11-13(17)15(2,3)4/h8,13H,1,9-12H2,2-7H3. The van der Waals surface area contributed by atoms with Gasteiger partial charge in [-0.1, -0.05) is 54.5 Å². The number of carbonyl (C=O) groups is 1. The summed E-state index contributed by atoms with van der Waals surface area (Å²) in [5.74, 6) is 0.101. The lowest BCUT2D eigenvalue weighted by Gasteiger charge is -2.55. The van der Waals surface area contributed by atoms with Crippen LogP contribution in [0.2, 0.25) is 0 Å². The van der Waals surface area contributed by atoms with Gasteiger partial charge >= 0.3 is 5.97 Å². The summed E-state index contributed by atoms with van der Waals surface area (Å²) in [6.07, 6.45) is 5.74. The molecule has 2 nitrogen and oxygen atoms in total. The van der Waals surface area contributed by atoms with Gasteiger partial charge in [-0.25, -0.2) is 4.79 Å². The molecule has 19 heavy (non-hydrogen) atoms. The van der Waals surface area contributed by atoms with E-state index in [0.29, 0.717) is 5.92 Å². The van der Waals surface area contributed by atoms with Gasteiger partial charge in [-0.05, 0) is 24.7 Å². The van der Waals surface area contributed by atoms with E-state index in [0.717, 1.165) is 19.3 Å². The van der Waals surface area contributed by atoms with E-state index in [-0.39, 0.29) is 22.4 Å². The van der Waals surface area contributed by atoms with Crippen molar-refractivity contribution in [3.05, 3.63) is 12.7 Å². The second-order valence-corrected chi connectivity index (χ2v) is 7.93. The van der Waals surface area contributed by atoms with Crippen LogP contribution in [0.25, 0.3) is 0 Å². The Kier molecular flexibility index (Phi) is 4.54. The number of rotatable bonds is 2. The minimum absolute atomic E-state index is 0.0654. The first kappa shape index (κ1) is 16.3. The highest BCUT2D eigenvalue weighted by Crippen LogP contribution is 2.54. The average Bonchev–Trinajstić information content (AvgIpc) is 2.26. The molecule has 1 fully saturated rings. The fourth-order valence-electron chi connectivity index (χ4n) is 3.67. The van der Waals surface area contributed by atoms with E-state index in [2.05, 4.69) is 48.1 Å². The SMILES string of the molecule is C=CC(=O)OC1(C(C)(C)C)CCCCC1C(C)(C)C. The molecule has 110 valence electrons. The van der Waals surface area contributed by atoms with Gasteiger partial charge in [-0.3, -0.25) is 0 Å². The molecule has 0 aromatic rings. The van der Waals surface area contributed by atoms with Crippen LogP contribution in [0.3, 0.4) is 0 Å². The normalized spacial score (nSPS) is 28.8. The van der Waals surface area contributed by atoms with Crippen molar-refractivity contribution in [2.75, 3.05) is 0 Å². The van der Waals surface area contributed by atoms with Gasteiger partial charge in [0, 0.05) is 17.4 Å². The van der Waals surface area contributed by atoms with Gasteiger partial charge < -0.3 is 4.74 Å². The second-order valence-electron chi connectivity index (χ2n) is 7.93. The highest BCUT2D eigenvalue weighted by atomic mass is 16.6. The quantitative estimate of drug-likeness (QED) is 0.533. The van der Waals surface area contributed by atoms with Crippen LogP contribution >= 0.6 is 0 Å². The van der Waals surface area contributed by atoms with E-state index in [1.165, 1.54) is 12.5 Å². The smallest absolute Gasteiger partial charge is 0.330 e. The van der Waals surface area contributed by atoms with Gasteiger partial charge in [0.1, 0.15) is 5.60 Å². The molecular weight excluding hydrogens is 236 g/mol. The molecule has 0 spiro atoms. The molecule has 0 bridgehead atoms. The van der Waals surface area contributed by atoms with Crippen molar-refractivity contribution in [2.24, 2.45) is 16.7 Å². The average molecular weight is 266 g/mol. The first-order valence-electron chi connectivity index (χ1n) is 7.40. The topological polar surface area (TPSA) is 26.3 Å². The Morgan fingerprint density at radius 2 is 1.79 bits per heavy atom. The van der Waals surface area contributed by atoms with Crippen molar-refractivity contribution in [3.8, 4) is 0 Å². The van der Waals surface area contributed by atoms with Crippen molar-refractivity contribution in [1.82, 2.24) is 0 Å². The van der Waals surface area contributed by atoms with Crippen LogP contribution in [0.15, 0.2) is 12.7 Å². The molecule has 0 aromatic carbocycles. The Morgan fingerprint density at radius 1 is 1.21 bits per heavy atom. The van der Waals surface area contributed by atoms with Crippen molar-refractivity contribution in [3.63, 3.8) is 0 Å². The number of esters is 1. The van der Waals surface area contributed by atoms with E-state index in [4.69, 9.17) is 4.74 Å². The van der Waals surface area contributed by atoms with Crippen LogP contribution in [-0.4, -0.2) is 11.6 Å². The summed E-state index contributed by atoms with van der Waals surface area (Å²) in [5.41, 5.74) is -0.312. The zero-order chi connectivity index (χ0) is 14.9. The maximum atomic E-state index is 11.9. The van der Waals surface area contributed by atoms with E-state index >= 15 is 0 Å². The molecule has 1 aliphatic carbocycles. The Labute approximate surface area is 118 Å². The lowest BCUT2D eigenvalue weighted by Crippen LogP contribution is -2.57. The van der Waals surface area contributed by atoms with E-state index < -0.39 is 0 Å².